The average Bonchev–Trinajstić information content (AvgIpc) is 2.82. The van der Waals surface area contributed by atoms with E-state index in [2.05, 4.69) is 5.32 Å². The number of benzene rings is 1. The summed E-state index contributed by atoms with van der Waals surface area (Å²) in [4.78, 5) is 0. The lowest BCUT2D eigenvalue weighted by molar-refractivity contribution is 0.195. The van der Waals surface area contributed by atoms with Gasteiger partial charge in [0.2, 0.25) is 0 Å². The maximum absolute atomic E-state index is 5.32. The standard InChI is InChI=1S/C12H17NO3/c1-14-10-3-4-11(12(7-10)15-2)13-9-5-6-16-8-9/h3-4,7,9,13H,5-6,8H2,1-2H3/t9-/m0/s1. The molecule has 0 spiro atoms. The number of hydrogen-bond acceptors (Lipinski definition) is 4. The second kappa shape index (κ2) is 5.07. The van der Waals surface area contributed by atoms with Crippen LogP contribution in [0.5, 0.6) is 11.5 Å². The van der Waals surface area contributed by atoms with Gasteiger partial charge in [-0.25, -0.2) is 0 Å². The van der Waals surface area contributed by atoms with E-state index in [0.29, 0.717) is 6.04 Å². The van der Waals surface area contributed by atoms with Crippen molar-refractivity contribution in [1.82, 2.24) is 0 Å². The molecule has 1 heterocycles. The van der Waals surface area contributed by atoms with Gasteiger partial charge in [-0.15, -0.1) is 0 Å². The van der Waals surface area contributed by atoms with E-state index in [4.69, 9.17) is 14.2 Å². The van der Waals surface area contributed by atoms with Crippen LogP contribution >= 0.6 is 0 Å². The van der Waals surface area contributed by atoms with Crippen molar-refractivity contribution in [2.24, 2.45) is 0 Å². The number of anilines is 1. The summed E-state index contributed by atoms with van der Waals surface area (Å²) in [5.74, 6) is 1.59. The van der Waals surface area contributed by atoms with E-state index in [-0.39, 0.29) is 0 Å². The van der Waals surface area contributed by atoms with E-state index >= 15 is 0 Å². The van der Waals surface area contributed by atoms with Crippen LogP contribution in [-0.4, -0.2) is 33.5 Å². The second-order valence-electron chi connectivity index (χ2n) is 3.77. The van der Waals surface area contributed by atoms with Gasteiger partial charge in [0.05, 0.1) is 32.6 Å². The molecule has 1 aliphatic rings. The van der Waals surface area contributed by atoms with Crippen molar-refractivity contribution in [1.29, 1.82) is 0 Å². The third-order valence-electron chi connectivity index (χ3n) is 2.70. The Balaban J connectivity index is 2.12. The molecule has 0 radical (unpaired) electrons. The number of ether oxygens (including phenoxy) is 3. The third-order valence-corrected chi connectivity index (χ3v) is 2.70. The van der Waals surface area contributed by atoms with Gasteiger partial charge in [-0.05, 0) is 18.6 Å². The summed E-state index contributed by atoms with van der Waals surface area (Å²) in [6.45, 7) is 1.59. The predicted molar refractivity (Wildman–Crippen MR) is 62.4 cm³/mol. The molecule has 16 heavy (non-hydrogen) atoms. The topological polar surface area (TPSA) is 39.7 Å². The maximum atomic E-state index is 5.32. The van der Waals surface area contributed by atoms with E-state index in [1.165, 1.54) is 0 Å². The Morgan fingerprint density at radius 2 is 2.19 bits per heavy atom. The summed E-state index contributed by atoms with van der Waals surface area (Å²) in [6, 6.07) is 6.14. The van der Waals surface area contributed by atoms with E-state index in [0.717, 1.165) is 36.8 Å². The molecule has 1 aliphatic heterocycles. The Hall–Kier alpha value is -1.42. The Bertz CT molecular complexity index is 348. The molecule has 1 aromatic rings. The molecule has 4 nitrogen and oxygen atoms in total. The van der Waals surface area contributed by atoms with Crippen molar-refractivity contribution in [2.75, 3.05) is 32.8 Å². The normalized spacial score (nSPS) is 19.5. The highest BCUT2D eigenvalue weighted by Gasteiger charge is 2.16. The van der Waals surface area contributed by atoms with Crippen LogP contribution in [0.3, 0.4) is 0 Å². The molecule has 2 rings (SSSR count). The van der Waals surface area contributed by atoms with Gasteiger partial charge in [0, 0.05) is 12.7 Å². The monoisotopic (exact) mass is 223 g/mol. The number of hydrogen-bond donors (Lipinski definition) is 1. The number of methoxy groups -OCH3 is 2. The molecule has 88 valence electrons. The van der Waals surface area contributed by atoms with Gasteiger partial charge in [0.25, 0.3) is 0 Å². The van der Waals surface area contributed by atoms with Crippen LogP contribution in [0.1, 0.15) is 6.42 Å². The molecular formula is C12H17NO3. The first-order valence-electron chi connectivity index (χ1n) is 5.40. The van der Waals surface area contributed by atoms with Crippen molar-refractivity contribution in [3.05, 3.63) is 18.2 Å². The van der Waals surface area contributed by atoms with Crippen LogP contribution in [0.4, 0.5) is 5.69 Å². The summed E-state index contributed by atoms with van der Waals surface area (Å²) < 4.78 is 15.8. The molecule has 1 atom stereocenters. The van der Waals surface area contributed by atoms with Crippen molar-refractivity contribution >= 4 is 5.69 Å². The Kier molecular flexibility index (Phi) is 3.51. The Morgan fingerprint density at radius 3 is 2.81 bits per heavy atom. The fraction of sp³-hybridized carbons (Fsp3) is 0.500. The van der Waals surface area contributed by atoms with Gasteiger partial charge in [0.1, 0.15) is 11.5 Å². The van der Waals surface area contributed by atoms with Crippen molar-refractivity contribution < 1.29 is 14.2 Å². The van der Waals surface area contributed by atoms with Crippen molar-refractivity contribution in [3.63, 3.8) is 0 Å². The van der Waals surface area contributed by atoms with Crippen LogP contribution in [0.15, 0.2) is 18.2 Å². The first kappa shape index (κ1) is 11.1. The minimum Gasteiger partial charge on any atom is -0.497 e. The summed E-state index contributed by atoms with van der Waals surface area (Å²) >= 11 is 0. The molecule has 4 heteroatoms. The highest BCUT2D eigenvalue weighted by Crippen LogP contribution is 2.30. The van der Waals surface area contributed by atoms with Crippen LogP contribution in [0, 0.1) is 0 Å². The summed E-state index contributed by atoms with van der Waals surface area (Å²) in [5, 5.41) is 3.41. The summed E-state index contributed by atoms with van der Waals surface area (Å²) in [5.41, 5.74) is 0.985. The van der Waals surface area contributed by atoms with Gasteiger partial charge in [-0.3, -0.25) is 0 Å². The van der Waals surface area contributed by atoms with Gasteiger partial charge in [-0.1, -0.05) is 0 Å². The van der Waals surface area contributed by atoms with Gasteiger partial charge < -0.3 is 19.5 Å². The summed E-state index contributed by atoms with van der Waals surface area (Å²) in [7, 11) is 3.30. The zero-order valence-corrected chi connectivity index (χ0v) is 9.66. The van der Waals surface area contributed by atoms with E-state index in [1.807, 2.05) is 18.2 Å². The van der Waals surface area contributed by atoms with Gasteiger partial charge in [-0.2, -0.15) is 0 Å². The van der Waals surface area contributed by atoms with Crippen LogP contribution in [-0.2, 0) is 4.74 Å². The lowest BCUT2D eigenvalue weighted by atomic mass is 10.2. The zero-order valence-electron chi connectivity index (χ0n) is 9.66. The molecule has 1 fully saturated rings. The van der Waals surface area contributed by atoms with Crippen LogP contribution in [0.2, 0.25) is 0 Å². The first-order chi connectivity index (χ1) is 7.83. The van der Waals surface area contributed by atoms with Gasteiger partial charge in [0.15, 0.2) is 0 Å². The first-order valence-corrected chi connectivity index (χ1v) is 5.40. The zero-order chi connectivity index (χ0) is 11.4. The molecule has 0 aliphatic carbocycles. The fourth-order valence-corrected chi connectivity index (χ4v) is 1.79. The Labute approximate surface area is 95.5 Å². The van der Waals surface area contributed by atoms with E-state index in [9.17, 15) is 0 Å². The maximum Gasteiger partial charge on any atom is 0.145 e. The van der Waals surface area contributed by atoms with Crippen molar-refractivity contribution in [2.45, 2.75) is 12.5 Å². The van der Waals surface area contributed by atoms with Crippen LogP contribution in [0.25, 0.3) is 0 Å². The molecule has 0 amide bonds. The molecule has 1 saturated heterocycles. The average molecular weight is 223 g/mol. The van der Waals surface area contributed by atoms with Crippen molar-refractivity contribution in [3.8, 4) is 11.5 Å². The fourth-order valence-electron chi connectivity index (χ4n) is 1.79. The molecule has 0 aromatic heterocycles. The van der Waals surface area contributed by atoms with E-state index < -0.39 is 0 Å². The molecular weight excluding hydrogens is 206 g/mol. The summed E-state index contributed by atoms with van der Waals surface area (Å²) in [6.07, 6.45) is 1.04. The molecule has 0 bridgehead atoms. The SMILES string of the molecule is COc1ccc(N[C@H]2CCOC2)c(OC)c1. The number of nitrogens with one attached hydrogen (secondary N) is 1. The molecule has 0 unspecified atom stereocenters. The van der Waals surface area contributed by atoms with Gasteiger partial charge >= 0.3 is 0 Å². The number of rotatable bonds is 4. The Morgan fingerprint density at radius 1 is 1.31 bits per heavy atom. The highest BCUT2D eigenvalue weighted by molar-refractivity contribution is 5.59. The minimum atomic E-state index is 0.377. The third kappa shape index (κ3) is 2.39. The molecule has 0 saturated carbocycles. The van der Waals surface area contributed by atoms with Crippen LogP contribution < -0.4 is 14.8 Å². The lowest BCUT2D eigenvalue weighted by Gasteiger charge is -2.16. The molecule has 1 N–H and O–H groups in total. The lowest BCUT2D eigenvalue weighted by Crippen LogP contribution is -2.19. The highest BCUT2D eigenvalue weighted by atomic mass is 16.5. The molecule has 1 aromatic carbocycles. The second-order valence-corrected chi connectivity index (χ2v) is 3.77. The largest absolute Gasteiger partial charge is 0.497 e. The quantitative estimate of drug-likeness (QED) is 0.846. The predicted octanol–water partition coefficient (Wildman–Crippen LogP) is 1.90. The minimum absolute atomic E-state index is 0.377. The van der Waals surface area contributed by atoms with E-state index in [1.54, 1.807) is 14.2 Å². The smallest absolute Gasteiger partial charge is 0.145 e.